The standard InChI is InChI=1S/C16H15ClN2O3S2/c1-9-4-5-12(17)8-13(9)19-24(20,21)16-11(3)23-10(2)15(16)14-6-7-18-22-14/h4-8,19H,1-3H3. The fourth-order valence-corrected chi connectivity index (χ4v) is 5.68. The highest BCUT2D eigenvalue weighted by Gasteiger charge is 2.28. The van der Waals surface area contributed by atoms with E-state index in [0.29, 0.717) is 26.9 Å². The lowest BCUT2D eigenvalue weighted by Gasteiger charge is -2.12. The molecule has 3 rings (SSSR count). The van der Waals surface area contributed by atoms with Gasteiger partial charge in [0.2, 0.25) is 0 Å². The van der Waals surface area contributed by atoms with E-state index in [4.69, 9.17) is 16.1 Å². The maximum Gasteiger partial charge on any atom is 0.263 e. The summed E-state index contributed by atoms with van der Waals surface area (Å²) in [5.41, 5.74) is 1.78. The number of aryl methyl sites for hydroxylation is 3. The molecule has 1 aromatic carbocycles. The number of thiophene rings is 1. The zero-order chi connectivity index (χ0) is 17.5. The first kappa shape index (κ1) is 17.0. The molecular weight excluding hydrogens is 368 g/mol. The van der Waals surface area contributed by atoms with Crippen LogP contribution in [0.25, 0.3) is 11.3 Å². The van der Waals surface area contributed by atoms with Gasteiger partial charge in [-0.25, -0.2) is 8.42 Å². The van der Waals surface area contributed by atoms with Gasteiger partial charge in [0.25, 0.3) is 10.0 Å². The number of hydrogen-bond donors (Lipinski definition) is 1. The third kappa shape index (κ3) is 3.07. The molecule has 3 aromatic rings. The molecule has 24 heavy (non-hydrogen) atoms. The Morgan fingerprint density at radius 1 is 1.17 bits per heavy atom. The minimum atomic E-state index is -3.81. The first-order valence-corrected chi connectivity index (χ1v) is 9.77. The van der Waals surface area contributed by atoms with Gasteiger partial charge < -0.3 is 4.52 Å². The molecule has 1 N–H and O–H groups in total. The van der Waals surface area contributed by atoms with Gasteiger partial charge in [0.15, 0.2) is 5.76 Å². The first-order chi connectivity index (χ1) is 11.3. The van der Waals surface area contributed by atoms with Crippen LogP contribution in [0.1, 0.15) is 15.3 Å². The number of halogens is 1. The van der Waals surface area contributed by atoms with Crippen LogP contribution in [0.3, 0.4) is 0 Å². The highest BCUT2D eigenvalue weighted by atomic mass is 35.5. The minimum Gasteiger partial charge on any atom is -0.356 e. The van der Waals surface area contributed by atoms with E-state index in [0.717, 1.165) is 10.4 Å². The first-order valence-electron chi connectivity index (χ1n) is 7.09. The average molecular weight is 383 g/mol. The Bertz CT molecular complexity index is 993. The molecule has 0 saturated carbocycles. The molecule has 2 aromatic heterocycles. The number of benzene rings is 1. The Kier molecular flexibility index (Phi) is 4.42. The lowest BCUT2D eigenvalue weighted by molar-refractivity contribution is 0.431. The maximum atomic E-state index is 13.0. The largest absolute Gasteiger partial charge is 0.356 e. The second-order valence-corrected chi connectivity index (χ2v) is 8.84. The van der Waals surface area contributed by atoms with Crippen LogP contribution in [0.15, 0.2) is 39.9 Å². The summed E-state index contributed by atoms with van der Waals surface area (Å²) in [5.74, 6) is 0.431. The molecule has 0 atom stereocenters. The number of sulfonamides is 1. The van der Waals surface area contributed by atoms with E-state index >= 15 is 0 Å². The third-order valence-electron chi connectivity index (χ3n) is 3.60. The molecule has 8 heteroatoms. The SMILES string of the molecule is Cc1ccc(Cl)cc1NS(=O)(=O)c1c(C)sc(C)c1-c1ccno1. The topological polar surface area (TPSA) is 72.2 Å². The molecule has 126 valence electrons. The molecule has 2 heterocycles. The number of nitrogens with one attached hydrogen (secondary N) is 1. The van der Waals surface area contributed by atoms with Crippen molar-refractivity contribution in [2.45, 2.75) is 25.7 Å². The smallest absolute Gasteiger partial charge is 0.263 e. The summed E-state index contributed by atoms with van der Waals surface area (Å²) in [5, 5.41) is 4.14. The van der Waals surface area contributed by atoms with Crippen LogP contribution in [0.4, 0.5) is 5.69 Å². The summed E-state index contributed by atoms with van der Waals surface area (Å²) in [6.45, 7) is 5.45. The fourth-order valence-electron chi connectivity index (χ4n) is 2.52. The second-order valence-electron chi connectivity index (χ2n) is 5.36. The van der Waals surface area contributed by atoms with Crippen LogP contribution in [0, 0.1) is 20.8 Å². The second kappa shape index (κ2) is 6.23. The molecule has 0 bridgehead atoms. The van der Waals surface area contributed by atoms with Crippen molar-refractivity contribution < 1.29 is 12.9 Å². The van der Waals surface area contributed by atoms with Crippen LogP contribution >= 0.6 is 22.9 Å². The van der Waals surface area contributed by atoms with Gasteiger partial charge in [-0.3, -0.25) is 4.72 Å². The van der Waals surface area contributed by atoms with Gasteiger partial charge in [-0.05, 0) is 38.5 Å². The minimum absolute atomic E-state index is 0.209. The van der Waals surface area contributed by atoms with Crippen LogP contribution in [0.5, 0.6) is 0 Å². The molecule has 0 amide bonds. The summed E-state index contributed by atoms with van der Waals surface area (Å²) < 4.78 is 33.8. The quantitative estimate of drug-likeness (QED) is 0.704. The Morgan fingerprint density at radius 3 is 2.58 bits per heavy atom. The van der Waals surface area contributed by atoms with Crippen molar-refractivity contribution in [1.82, 2.24) is 5.16 Å². The van der Waals surface area contributed by atoms with Crippen molar-refractivity contribution in [1.29, 1.82) is 0 Å². The van der Waals surface area contributed by atoms with E-state index in [1.54, 1.807) is 31.2 Å². The maximum absolute atomic E-state index is 13.0. The van der Waals surface area contributed by atoms with Gasteiger partial charge >= 0.3 is 0 Å². The van der Waals surface area contributed by atoms with E-state index < -0.39 is 10.0 Å². The van der Waals surface area contributed by atoms with E-state index in [1.807, 2.05) is 13.8 Å². The van der Waals surface area contributed by atoms with Crippen molar-refractivity contribution >= 4 is 38.6 Å². The zero-order valence-corrected chi connectivity index (χ0v) is 15.6. The van der Waals surface area contributed by atoms with E-state index in [2.05, 4.69) is 9.88 Å². The number of nitrogens with zero attached hydrogens (tertiary/aromatic N) is 1. The molecule has 0 aliphatic carbocycles. The van der Waals surface area contributed by atoms with E-state index in [9.17, 15) is 8.42 Å². The van der Waals surface area contributed by atoms with Crippen LogP contribution in [-0.4, -0.2) is 13.6 Å². The van der Waals surface area contributed by atoms with Crippen molar-refractivity contribution in [3.05, 3.63) is 50.8 Å². The number of rotatable bonds is 4. The molecule has 0 aliphatic heterocycles. The Balaban J connectivity index is 2.13. The van der Waals surface area contributed by atoms with E-state index in [-0.39, 0.29) is 4.90 Å². The number of aromatic nitrogens is 1. The Hall–Kier alpha value is -1.83. The van der Waals surface area contributed by atoms with Gasteiger partial charge in [-0.15, -0.1) is 11.3 Å². The van der Waals surface area contributed by atoms with E-state index in [1.165, 1.54) is 17.5 Å². The van der Waals surface area contributed by atoms with Crippen LogP contribution in [-0.2, 0) is 10.0 Å². The van der Waals surface area contributed by atoms with Crippen LogP contribution in [0.2, 0.25) is 5.02 Å². The van der Waals surface area contributed by atoms with Crippen molar-refractivity contribution in [2.75, 3.05) is 4.72 Å². The fraction of sp³-hybridized carbons (Fsp3) is 0.188. The molecule has 0 saturated heterocycles. The van der Waals surface area contributed by atoms with Gasteiger partial charge in [0.1, 0.15) is 4.90 Å². The van der Waals surface area contributed by atoms with Gasteiger partial charge in [0, 0.05) is 20.8 Å². The summed E-state index contributed by atoms with van der Waals surface area (Å²) in [6, 6.07) is 6.73. The van der Waals surface area contributed by atoms with Gasteiger partial charge in [-0.1, -0.05) is 22.8 Å². The van der Waals surface area contributed by atoms with Gasteiger partial charge in [0.05, 0.1) is 17.4 Å². The van der Waals surface area contributed by atoms with Crippen molar-refractivity contribution in [3.63, 3.8) is 0 Å². The predicted octanol–water partition coefficient (Wildman–Crippen LogP) is 4.78. The summed E-state index contributed by atoms with van der Waals surface area (Å²) in [4.78, 5) is 1.75. The predicted molar refractivity (Wildman–Crippen MR) is 96.3 cm³/mol. The normalized spacial score (nSPS) is 11.7. The number of anilines is 1. The third-order valence-corrected chi connectivity index (χ3v) is 6.52. The molecule has 5 nitrogen and oxygen atoms in total. The van der Waals surface area contributed by atoms with Gasteiger partial charge in [-0.2, -0.15) is 0 Å². The van der Waals surface area contributed by atoms with Crippen molar-refractivity contribution in [3.8, 4) is 11.3 Å². The highest BCUT2D eigenvalue weighted by Crippen LogP contribution is 2.39. The summed E-state index contributed by atoms with van der Waals surface area (Å²) in [7, 11) is -3.81. The molecular formula is C16H15ClN2O3S2. The molecule has 0 aliphatic rings. The highest BCUT2D eigenvalue weighted by molar-refractivity contribution is 7.93. The molecule has 0 fully saturated rings. The van der Waals surface area contributed by atoms with Crippen molar-refractivity contribution in [2.24, 2.45) is 0 Å². The monoisotopic (exact) mass is 382 g/mol. The Labute approximate surface area is 149 Å². The van der Waals surface area contributed by atoms with Crippen LogP contribution < -0.4 is 4.72 Å². The zero-order valence-electron chi connectivity index (χ0n) is 13.3. The number of hydrogen-bond acceptors (Lipinski definition) is 5. The molecule has 0 unspecified atom stereocenters. The molecule has 0 radical (unpaired) electrons. The average Bonchev–Trinajstić information content (AvgIpc) is 3.10. The molecule has 0 spiro atoms. The summed E-state index contributed by atoms with van der Waals surface area (Å²) in [6.07, 6.45) is 1.49. The Morgan fingerprint density at radius 2 is 1.92 bits per heavy atom. The lowest BCUT2D eigenvalue weighted by Crippen LogP contribution is -2.15. The lowest BCUT2D eigenvalue weighted by atomic mass is 10.2. The summed E-state index contributed by atoms with van der Waals surface area (Å²) >= 11 is 7.39.